The quantitative estimate of drug-likeness (QED) is 0.860. The molecule has 0 saturated heterocycles. The largest absolute Gasteiger partial charge is 0.379 e. The fraction of sp³-hybridized carbons (Fsp3) is 0.421. The maximum atomic E-state index is 6.12. The third-order valence-electron chi connectivity index (χ3n) is 5.17. The standard InChI is InChI=1S/C19H22N4S/c1-12-19(23-17(20)24-12)10-18(2,3)7-14-5-4-13(6-16(14)19)15-8-21-11-22-9-15/h4-6,8-9,11-12H,7,10H2,1-3H3,(H2,20,23). The monoisotopic (exact) mass is 338 g/mol. The van der Waals surface area contributed by atoms with Gasteiger partial charge < -0.3 is 5.73 Å². The molecule has 5 heteroatoms. The van der Waals surface area contributed by atoms with Crippen molar-refractivity contribution >= 4 is 16.9 Å². The zero-order valence-electron chi connectivity index (χ0n) is 14.3. The van der Waals surface area contributed by atoms with Crippen LogP contribution < -0.4 is 5.73 Å². The van der Waals surface area contributed by atoms with Crippen molar-refractivity contribution in [2.45, 2.75) is 44.4 Å². The van der Waals surface area contributed by atoms with E-state index in [-0.39, 0.29) is 11.0 Å². The first-order valence-electron chi connectivity index (χ1n) is 8.30. The van der Waals surface area contributed by atoms with Crippen LogP contribution in [-0.2, 0) is 12.0 Å². The Bertz CT molecular complexity index is 815. The first-order valence-corrected chi connectivity index (χ1v) is 9.18. The highest BCUT2D eigenvalue weighted by Crippen LogP contribution is 2.54. The summed E-state index contributed by atoms with van der Waals surface area (Å²) in [4.78, 5) is 13.3. The van der Waals surface area contributed by atoms with Crippen molar-refractivity contribution in [2.75, 3.05) is 0 Å². The predicted molar refractivity (Wildman–Crippen MR) is 99.9 cm³/mol. The van der Waals surface area contributed by atoms with E-state index >= 15 is 0 Å². The second kappa shape index (κ2) is 5.31. The van der Waals surface area contributed by atoms with Gasteiger partial charge in [0.25, 0.3) is 0 Å². The number of aromatic nitrogens is 2. The summed E-state index contributed by atoms with van der Waals surface area (Å²) < 4.78 is 0. The molecule has 0 saturated carbocycles. The van der Waals surface area contributed by atoms with Gasteiger partial charge in [-0.05, 0) is 41.0 Å². The molecule has 24 heavy (non-hydrogen) atoms. The van der Waals surface area contributed by atoms with Crippen LogP contribution in [0, 0.1) is 5.41 Å². The molecule has 0 amide bonds. The lowest BCUT2D eigenvalue weighted by molar-refractivity contribution is 0.212. The Balaban J connectivity index is 1.91. The summed E-state index contributed by atoms with van der Waals surface area (Å²) >= 11 is 1.69. The summed E-state index contributed by atoms with van der Waals surface area (Å²) in [6, 6.07) is 6.70. The minimum absolute atomic E-state index is 0.216. The van der Waals surface area contributed by atoms with E-state index in [0.717, 1.165) is 24.0 Å². The molecule has 2 N–H and O–H groups in total. The van der Waals surface area contributed by atoms with Crippen molar-refractivity contribution in [1.29, 1.82) is 0 Å². The van der Waals surface area contributed by atoms with Gasteiger partial charge in [-0.1, -0.05) is 44.7 Å². The van der Waals surface area contributed by atoms with Crippen LogP contribution in [0.1, 0.15) is 38.3 Å². The van der Waals surface area contributed by atoms with E-state index in [1.165, 1.54) is 11.1 Å². The number of nitrogens with two attached hydrogens (primary N) is 1. The van der Waals surface area contributed by atoms with E-state index in [2.05, 4.69) is 48.9 Å². The zero-order valence-corrected chi connectivity index (χ0v) is 15.1. The number of amidine groups is 1. The molecule has 124 valence electrons. The van der Waals surface area contributed by atoms with Crippen LogP contribution in [0.15, 0.2) is 41.9 Å². The van der Waals surface area contributed by atoms with Crippen LogP contribution >= 0.6 is 11.8 Å². The normalized spacial score (nSPS) is 27.8. The summed E-state index contributed by atoms with van der Waals surface area (Å²) in [5.74, 6) is 0. The van der Waals surface area contributed by atoms with Crippen LogP contribution in [-0.4, -0.2) is 20.4 Å². The second-order valence-electron chi connectivity index (χ2n) is 7.65. The average Bonchev–Trinajstić information content (AvgIpc) is 2.81. The number of rotatable bonds is 1. The SMILES string of the molecule is CC1SC(N)=NC12CC(C)(C)Cc1ccc(-c3cncnc3)cc12. The number of thioether (sulfide) groups is 1. The van der Waals surface area contributed by atoms with Gasteiger partial charge in [0.2, 0.25) is 0 Å². The maximum absolute atomic E-state index is 6.12. The highest BCUT2D eigenvalue weighted by Gasteiger charge is 2.50. The van der Waals surface area contributed by atoms with E-state index < -0.39 is 0 Å². The Kier molecular flexibility index (Phi) is 3.46. The van der Waals surface area contributed by atoms with Crippen LogP contribution in [0.4, 0.5) is 0 Å². The van der Waals surface area contributed by atoms with Crippen molar-refractivity contribution in [3.8, 4) is 11.1 Å². The van der Waals surface area contributed by atoms with Crippen LogP contribution in [0.2, 0.25) is 0 Å². The Hall–Kier alpha value is -1.88. The molecule has 1 aromatic carbocycles. The molecule has 1 aliphatic carbocycles. The van der Waals surface area contributed by atoms with Crippen molar-refractivity contribution in [1.82, 2.24) is 9.97 Å². The first-order chi connectivity index (χ1) is 11.4. The van der Waals surface area contributed by atoms with Crippen molar-refractivity contribution in [2.24, 2.45) is 16.1 Å². The van der Waals surface area contributed by atoms with Gasteiger partial charge in [0.1, 0.15) is 11.9 Å². The molecule has 2 aromatic rings. The minimum Gasteiger partial charge on any atom is -0.379 e. The lowest BCUT2D eigenvalue weighted by atomic mass is 9.64. The molecule has 1 spiro atoms. The van der Waals surface area contributed by atoms with E-state index in [0.29, 0.717) is 10.4 Å². The van der Waals surface area contributed by atoms with Crippen molar-refractivity contribution < 1.29 is 0 Å². The summed E-state index contributed by atoms with van der Waals surface area (Å²) in [5, 5.41) is 1.05. The fourth-order valence-corrected chi connectivity index (χ4v) is 5.25. The first kappa shape index (κ1) is 15.6. The molecule has 1 aromatic heterocycles. The minimum atomic E-state index is -0.225. The molecular weight excluding hydrogens is 316 g/mol. The van der Waals surface area contributed by atoms with E-state index in [9.17, 15) is 0 Å². The molecule has 4 nitrogen and oxygen atoms in total. The summed E-state index contributed by atoms with van der Waals surface area (Å²) in [5.41, 5.74) is 11.0. The second-order valence-corrected chi connectivity index (χ2v) is 9.01. The Morgan fingerprint density at radius 1 is 1.17 bits per heavy atom. The molecule has 2 atom stereocenters. The van der Waals surface area contributed by atoms with Crippen molar-refractivity contribution in [3.05, 3.63) is 48.0 Å². The molecule has 1 aliphatic heterocycles. The molecular formula is C19H22N4S. The Morgan fingerprint density at radius 3 is 2.58 bits per heavy atom. The number of hydrogen-bond acceptors (Lipinski definition) is 5. The number of fused-ring (bicyclic) bond motifs is 2. The van der Waals surface area contributed by atoms with Gasteiger partial charge in [-0.25, -0.2) is 9.97 Å². The lowest BCUT2D eigenvalue weighted by Crippen LogP contribution is -2.42. The Labute approximate surface area is 147 Å². The number of nitrogens with zero attached hydrogens (tertiary/aromatic N) is 3. The van der Waals surface area contributed by atoms with Gasteiger partial charge in [-0.3, -0.25) is 4.99 Å². The van der Waals surface area contributed by atoms with E-state index in [1.54, 1.807) is 18.1 Å². The van der Waals surface area contributed by atoms with E-state index in [4.69, 9.17) is 10.7 Å². The smallest absolute Gasteiger partial charge is 0.155 e. The molecule has 2 unspecified atom stereocenters. The van der Waals surface area contributed by atoms with Gasteiger partial charge in [0.15, 0.2) is 5.17 Å². The molecule has 0 radical (unpaired) electrons. The topological polar surface area (TPSA) is 64.2 Å². The van der Waals surface area contributed by atoms with Gasteiger partial charge >= 0.3 is 0 Å². The fourth-order valence-electron chi connectivity index (χ4n) is 4.22. The maximum Gasteiger partial charge on any atom is 0.155 e. The molecule has 2 aliphatic rings. The summed E-state index contributed by atoms with van der Waals surface area (Å²) in [7, 11) is 0. The van der Waals surface area contributed by atoms with Crippen LogP contribution in [0.5, 0.6) is 0 Å². The van der Waals surface area contributed by atoms with Gasteiger partial charge in [-0.15, -0.1) is 0 Å². The Morgan fingerprint density at radius 2 is 1.92 bits per heavy atom. The third-order valence-corrected chi connectivity index (χ3v) is 6.24. The van der Waals surface area contributed by atoms with Gasteiger partial charge in [0, 0.05) is 23.2 Å². The van der Waals surface area contributed by atoms with Crippen LogP contribution in [0.3, 0.4) is 0 Å². The van der Waals surface area contributed by atoms with Gasteiger partial charge in [0.05, 0.1) is 0 Å². The van der Waals surface area contributed by atoms with Gasteiger partial charge in [-0.2, -0.15) is 0 Å². The third kappa shape index (κ3) is 2.42. The van der Waals surface area contributed by atoms with Crippen molar-refractivity contribution in [3.63, 3.8) is 0 Å². The van der Waals surface area contributed by atoms with Crippen LogP contribution in [0.25, 0.3) is 11.1 Å². The molecule has 0 fully saturated rings. The molecule has 0 bridgehead atoms. The number of aliphatic imine (C=N–C) groups is 1. The zero-order chi connectivity index (χ0) is 16.9. The average molecular weight is 338 g/mol. The number of hydrogen-bond donors (Lipinski definition) is 1. The summed E-state index contributed by atoms with van der Waals surface area (Å²) in [6.07, 6.45) is 7.38. The highest BCUT2D eigenvalue weighted by molar-refractivity contribution is 8.14. The van der Waals surface area contributed by atoms with E-state index in [1.807, 2.05) is 12.4 Å². The summed E-state index contributed by atoms with van der Waals surface area (Å²) in [6.45, 7) is 6.91. The predicted octanol–water partition coefficient (Wildman–Crippen LogP) is 3.76. The molecule has 4 rings (SSSR count). The number of benzene rings is 1. The molecule has 2 heterocycles. The lowest BCUT2D eigenvalue weighted by Gasteiger charge is -2.44. The highest BCUT2D eigenvalue weighted by atomic mass is 32.2.